The summed E-state index contributed by atoms with van der Waals surface area (Å²) in [6.45, 7) is 6.00. The average Bonchev–Trinajstić information content (AvgIpc) is 1.50. The van der Waals surface area contributed by atoms with E-state index < -0.39 is 0 Å². The molecule has 0 aliphatic carbocycles. The molecule has 0 amide bonds. The van der Waals surface area contributed by atoms with E-state index in [1.54, 1.807) is 0 Å². The summed E-state index contributed by atoms with van der Waals surface area (Å²) in [7, 11) is 0. The van der Waals surface area contributed by atoms with Crippen molar-refractivity contribution < 1.29 is 0 Å². The molecule has 2 heteroatoms. The molecule has 0 saturated heterocycles. The van der Waals surface area contributed by atoms with Gasteiger partial charge in [-0.1, -0.05) is 0 Å². The van der Waals surface area contributed by atoms with E-state index >= 15 is 0 Å². The molecule has 0 nitrogen and oxygen atoms in total. The van der Waals surface area contributed by atoms with E-state index in [0.717, 1.165) is 0 Å². The van der Waals surface area contributed by atoms with Gasteiger partial charge in [0.2, 0.25) is 0 Å². The summed E-state index contributed by atoms with van der Waals surface area (Å²) in [6.07, 6.45) is 0. The van der Waals surface area contributed by atoms with Crippen LogP contribution in [0.1, 0.15) is 0 Å². The summed E-state index contributed by atoms with van der Waals surface area (Å²) in [5.74, 6) is 0. The maximum atomic E-state index is 3.00. The second-order valence-electron chi connectivity index (χ2n) is 0. The Kier molecular flexibility index (Phi) is 70.8. The second-order valence-corrected chi connectivity index (χ2v) is 0. The standard InChI is InChI=1S/C2H4.In.Se/c1-2;;/h1-2H2;;. The fourth-order valence-electron chi connectivity index (χ4n) is 0. The Balaban J connectivity index is 0. The Morgan fingerprint density at radius 3 is 1.25 bits per heavy atom. The fourth-order valence-corrected chi connectivity index (χ4v) is 0. The first-order chi connectivity index (χ1) is 2.00. The van der Waals surface area contributed by atoms with E-state index in [1.165, 1.54) is 21.4 Å². The molecular weight excluding hydrogens is 218 g/mol. The molecule has 0 aromatic rings. The van der Waals surface area contributed by atoms with Crippen LogP contribution in [0.5, 0.6) is 0 Å². The van der Waals surface area contributed by atoms with Crippen LogP contribution in [0.3, 0.4) is 0 Å². The third kappa shape index (κ3) is 11.1. The Labute approximate surface area is 46.2 Å². The summed E-state index contributed by atoms with van der Waals surface area (Å²) in [6, 6.07) is 0. The van der Waals surface area contributed by atoms with E-state index in [9.17, 15) is 0 Å². The van der Waals surface area contributed by atoms with Gasteiger partial charge in [0.25, 0.3) is 0 Å². The molecule has 0 heterocycles. The van der Waals surface area contributed by atoms with Crippen LogP contribution in [0.25, 0.3) is 0 Å². The maximum absolute atomic E-state index is 3.00. The van der Waals surface area contributed by atoms with Gasteiger partial charge in [-0.3, -0.25) is 0 Å². The van der Waals surface area contributed by atoms with E-state index in [4.69, 9.17) is 0 Å². The SMILES string of the molecule is C=C.[Se]=[In]. The van der Waals surface area contributed by atoms with Crippen LogP contribution < -0.4 is 0 Å². The van der Waals surface area contributed by atoms with Crippen LogP contribution in [0.4, 0.5) is 0 Å². The normalized spacial score (nSPS) is 1.75. The van der Waals surface area contributed by atoms with Crippen molar-refractivity contribution >= 4 is 33.2 Å². The summed E-state index contributed by atoms with van der Waals surface area (Å²) < 4.78 is 0. The average molecular weight is 222 g/mol. The van der Waals surface area contributed by atoms with Crippen LogP contribution in [-0.2, 0) is 0 Å². The van der Waals surface area contributed by atoms with Gasteiger partial charge in [0, 0.05) is 0 Å². The van der Waals surface area contributed by atoms with Gasteiger partial charge in [-0.15, -0.1) is 13.2 Å². The van der Waals surface area contributed by atoms with Crippen LogP contribution in [0.15, 0.2) is 13.2 Å². The van der Waals surface area contributed by atoms with Crippen molar-refractivity contribution in [2.24, 2.45) is 0 Å². The fraction of sp³-hybridized carbons (Fsp3) is 0. The molecule has 0 rings (SSSR count). The molecule has 0 aliphatic rings. The predicted octanol–water partition coefficient (Wildman–Crippen LogP) is 0.0406. The first kappa shape index (κ1) is 8.93. The molecule has 1 radical (unpaired) electrons. The van der Waals surface area contributed by atoms with E-state index in [0.29, 0.717) is 0 Å². The molecule has 0 unspecified atom stereocenters. The zero-order chi connectivity index (χ0) is 4.00. The van der Waals surface area contributed by atoms with Crippen molar-refractivity contribution in [1.82, 2.24) is 0 Å². The Hall–Kier alpha value is 1.13. The Bertz CT molecular complexity index is 8.00. The molecule has 0 atom stereocenters. The van der Waals surface area contributed by atoms with Crippen molar-refractivity contribution in [3.05, 3.63) is 13.2 Å². The third-order valence-electron chi connectivity index (χ3n) is 0. The van der Waals surface area contributed by atoms with Crippen LogP contribution >= 0.6 is 0 Å². The topological polar surface area (TPSA) is 0 Å². The summed E-state index contributed by atoms with van der Waals surface area (Å²) >= 11 is 3.98. The second kappa shape index (κ2) is 31.7. The molecule has 4 heavy (non-hydrogen) atoms. The van der Waals surface area contributed by atoms with Crippen LogP contribution in [0, 0.1) is 0 Å². The monoisotopic (exact) mass is 223 g/mol. The summed E-state index contributed by atoms with van der Waals surface area (Å²) in [5.41, 5.74) is 0. The minimum absolute atomic E-state index is 1.23. The first-order valence-corrected chi connectivity index (χ1v) is 8.72. The van der Waals surface area contributed by atoms with Crippen LogP contribution in [0.2, 0.25) is 0 Å². The Morgan fingerprint density at radius 2 is 1.25 bits per heavy atom. The number of rotatable bonds is 0. The van der Waals surface area contributed by atoms with Gasteiger partial charge in [0.1, 0.15) is 0 Å². The first-order valence-electron chi connectivity index (χ1n) is 0.736. The number of hydrogen-bond donors (Lipinski definition) is 0. The predicted molar refractivity (Wildman–Crippen MR) is 22.8 cm³/mol. The molecule has 0 aliphatic heterocycles. The van der Waals surface area contributed by atoms with E-state index in [-0.39, 0.29) is 0 Å². The van der Waals surface area contributed by atoms with Gasteiger partial charge >= 0.3 is 33.2 Å². The van der Waals surface area contributed by atoms with Gasteiger partial charge in [-0.05, 0) is 0 Å². The van der Waals surface area contributed by atoms with Crippen molar-refractivity contribution in [3.63, 3.8) is 0 Å². The molecule has 0 aromatic carbocycles. The summed E-state index contributed by atoms with van der Waals surface area (Å²) in [5, 5.41) is 0. The molecular formula is C2H4InSe. The van der Waals surface area contributed by atoms with Crippen LogP contribution in [-0.4, -0.2) is 33.2 Å². The zero-order valence-electron chi connectivity index (χ0n) is 2.40. The van der Waals surface area contributed by atoms with Crippen molar-refractivity contribution in [2.75, 3.05) is 0 Å². The minimum atomic E-state index is 1.23. The van der Waals surface area contributed by atoms with E-state index in [2.05, 4.69) is 24.9 Å². The quantitative estimate of drug-likeness (QED) is 0.401. The van der Waals surface area contributed by atoms with Gasteiger partial charge in [-0.25, -0.2) is 0 Å². The molecule has 0 saturated carbocycles. The molecule has 0 fully saturated rings. The van der Waals surface area contributed by atoms with Gasteiger partial charge in [0.15, 0.2) is 0 Å². The van der Waals surface area contributed by atoms with Crippen molar-refractivity contribution in [1.29, 1.82) is 0 Å². The van der Waals surface area contributed by atoms with Gasteiger partial charge in [0.05, 0.1) is 0 Å². The van der Waals surface area contributed by atoms with Crippen molar-refractivity contribution in [2.45, 2.75) is 0 Å². The third-order valence-corrected chi connectivity index (χ3v) is 0. The van der Waals surface area contributed by atoms with Gasteiger partial charge in [-0.2, -0.15) is 0 Å². The molecule has 0 N–H and O–H groups in total. The summed E-state index contributed by atoms with van der Waals surface area (Å²) in [4.78, 5) is 0. The molecule has 0 spiro atoms. The Morgan fingerprint density at radius 1 is 1.25 bits per heavy atom. The van der Waals surface area contributed by atoms with Crippen molar-refractivity contribution in [3.8, 4) is 0 Å². The van der Waals surface area contributed by atoms with E-state index in [1.807, 2.05) is 0 Å². The molecule has 21 valence electrons. The molecule has 0 bridgehead atoms. The number of hydrogen-bond acceptors (Lipinski definition) is 0. The van der Waals surface area contributed by atoms with Gasteiger partial charge < -0.3 is 0 Å². The molecule has 0 aromatic heterocycles. The zero-order valence-corrected chi connectivity index (χ0v) is 7.41.